The van der Waals surface area contributed by atoms with Crippen LogP contribution < -0.4 is 20.7 Å². The highest BCUT2D eigenvalue weighted by atomic mass is 35.5. The lowest BCUT2D eigenvalue weighted by Crippen LogP contribution is -2.21. The molecule has 1 aromatic carbocycles. The summed E-state index contributed by atoms with van der Waals surface area (Å²) in [4.78, 5) is 25.2. The van der Waals surface area contributed by atoms with Crippen LogP contribution in [0.25, 0.3) is 11.3 Å². The number of anilines is 4. The van der Waals surface area contributed by atoms with Gasteiger partial charge < -0.3 is 29.7 Å². The molecule has 244 valence electrons. The van der Waals surface area contributed by atoms with Crippen LogP contribution in [0.2, 0.25) is 5.15 Å². The number of hydrogen-bond donors (Lipinski definition) is 3. The number of aryl methyl sites for hydroxylation is 1. The van der Waals surface area contributed by atoms with Gasteiger partial charge in [0.1, 0.15) is 17.1 Å². The van der Waals surface area contributed by atoms with Gasteiger partial charge in [0.2, 0.25) is 5.95 Å². The van der Waals surface area contributed by atoms with Crippen molar-refractivity contribution in [2.75, 3.05) is 38.0 Å². The molecular weight excluding hydrogens is 652 g/mol. The molecule has 8 rings (SSSR count). The van der Waals surface area contributed by atoms with Crippen molar-refractivity contribution < 1.29 is 36.3 Å². The number of ether oxygens (including phenoxy) is 1. The van der Waals surface area contributed by atoms with E-state index >= 15 is 0 Å². The largest absolute Gasteiger partial charge is 0.495 e. The third-order valence-electron chi connectivity index (χ3n) is 6.71. The van der Waals surface area contributed by atoms with E-state index in [4.69, 9.17) is 25.4 Å². The van der Waals surface area contributed by atoms with Crippen molar-refractivity contribution in [2.24, 2.45) is 0 Å². The van der Waals surface area contributed by atoms with Crippen LogP contribution >= 0.6 is 19.2 Å². The Morgan fingerprint density at radius 1 is 1.20 bits per heavy atom. The number of amides is 1. The summed E-state index contributed by atoms with van der Waals surface area (Å²) in [5.41, 5.74) is 0.0542. The fraction of sp³-hybridized carbons (Fsp3) is 0.321. The van der Waals surface area contributed by atoms with E-state index < -0.39 is 31.1 Å². The van der Waals surface area contributed by atoms with Gasteiger partial charge in [-0.3, -0.25) is 14.0 Å². The molecule has 46 heavy (non-hydrogen) atoms. The second kappa shape index (κ2) is 13.6. The average molecular weight is 681 g/mol. The summed E-state index contributed by atoms with van der Waals surface area (Å²) in [6.45, 7) is 2.28. The van der Waals surface area contributed by atoms with E-state index in [9.17, 15) is 22.5 Å². The number of nitrogens with zero attached hydrogens (tertiary/aromatic N) is 5. The first kappa shape index (κ1) is 33.1. The maximum absolute atomic E-state index is 14.1. The average Bonchev–Trinajstić information content (AvgIpc) is 3.39. The normalized spacial score (nSPS) is 16.9. The maximum Gasteiger partial charge on any atom is 0.421 e. The minimum Gasteiger partial charge on any atom is -0.495 e. The molecular formula is C28H29ClF3N8O5P. The van der Waals surface area contributed by atoms with E-state index in [2.05, 4.69) is 36.0 Å². The number of carbonyl (C=O) groups is 1. The van der Waals surface area contributed by atoms with Crippen molar-refractivity contribution in [1.82, 2.24) is 30.0 Å². The Hall–Kier alpha value is -4.24. The first-order valence-electron chi connectivity index (χ1n) is 13.9. The molecule has 18 heteroatoms. The fourth-order valence-electron chi connectivity index (χ4n) is 4.59. The third-order valence-corrected chi connectivity index (χ3v) is 8.97. The molecule has 1 atom stereocenters. The number of aromatic nitrogens is 5. The van der Waals surface area contributed by atoms with E-state index in [1.165, 1.54) is 26.3 Å². The van der Waals surface area contributed by atoms with Gasteiger partial charge >= 0.3 is 13.8 Å². The molecule has 4 aliphatic rings. The van der Waals surface area contributed by atoms with Gasteiger partial charge in [-0.15, -0.1) is 0 Å². The molecule has 3 N–H and O–H groups in total. The van der Waals surface area contributed by atoms with E-state index in [0.29, 0.717) is 36.0 Å². The molecule has 0 saturated heterocycles. The second-order valence-electron chi connectivity index (χ2n) is 9.88. The van der Waals surface area contributed by atoms with Crippen molar-refractivity contribution >= 4 is 48.2 Å². The van der Waals surface area contributed by atoms with E-state index in [-0.39, 0.29) is 53.3 Å². The molecule has 0 radical (unpaired) electrons. The molecule has 0 aliphatic carbocycles. The third kappa shape index (κ3) is 7.41. The standard InChI is InChI=1S/C28H29ClF3N8O5P/c1-4-44-46(42)15-16-6-7-20(22(12-16)43-3)37-27-34-13-18(28(30,31)32)25(38-27)36-21-9-8-19(35-23(21)26(41)33-2)17-14-40(39-24(17)29)10-5-11-45-46/h6-9,12-14H,4-5,10-11,15H2,1-3H3,(H,33,41)(H2,34,36,37,38). The van der Waals surface area contributed by atoms with E-state index in [1.807, 2.05) is 0 Å². The predicted octanol–water partition coefficient (Wildman–Crippen LogP) is 6.41. The Bertz CT molecular complexity index is 1810. The Balaban J connectivity index is 1.64. The number of carbonyl (C=O) groups excluding carboxylic acids is 1. The number of rotatable bonds is 4. The topological polar surface area (TPSA) is 154 Å². The van der Waals surface area contributed by atoms with Gasteiger partial charge in [0.25, 0.3) is 5.91 Å². The SMILES string of the molecule is CCOP1(=O)Cc2ccc(c(OC)c2)Nc2ncc(C(F)(F)F)c(n2)Nc2ccc(nc2C(=O)NC)-c2cn(nc2Cl)CCCO1. The van der Waals surface area contributed by atoms with E-state index in [1.54, 1.807) is 36.0 Å². The number of methoxy groups -OCH3 is 1. The summed E-state index contributed by atoms with van der Waals surface area (Å²) in [6, 6.07) is 7.70. The van der Waals surface area contributed by atoms with Gasteiger partial charge in [-0.05, 0) is 43.2 Å². The highest BCUT2D eigenvalue weighted by Gasteiger charge is 2.36. The van der Waals surface area contributed by atoms with Crippen molar-refractivity contribution in [3.05, 3.63) is 64.7 Å². The Morgan fingerprint density at radius 2 is 1.98 bits per heavy atom. The van der Waals surface area contributed by atoms with Crippen LogP contribution in [0, 0.1) is 0 Å². The summed E-state index contributed by atoms with van der Waals surface area (Å²) in [5.74, 6) is -1.25. The fourth-order valence-corrected chi connectivity index (χ4v) is 6.54. The number of hydrogen-bond acceptors (Lipinski definition) is 11. The number of nitrogens with one attached hydrogen (secondary N) is 3. The molecule has 13 nitrogen and oxygen atoms in total. The van der Waals surface area contributed by atoms with Crippen LogP contribution in [0.15, 0.2) is 42.7 Å². The molecule has 3 aromatic heterocycles. The number of halogens is 4. The van der Waals surface area contributed by atoms with Crippen LogP contribution in [0.4, 0.5) is 36.3 Å². The Labute approximate surface area is 266 Å². The van der Waals surface area contributed by atoms with Crippen LogP contribution in [0.1, 0.15) is 35.0 Å². The predicted molar refractivity (Wildman–Crippen MR) is 164 cm³/mol. The maximum atomic E-state index is 14.1. The number of pyridine rings is 1. The Morgan fingerprint density at radius 3 is 2.70 bits per heavy atom. The van der Waals surface area contributed by atoms with Gasteiger partial charge in [0.15, 0.2) is 10.8 Å². The van der Waals surface area contributed by atoms with Gasteiger partial charge in [-0.25, -0.2) is 9.97 Å². The molecule has 1 unspecified atom stereocenters. The molecule has 1 amide bonds. The molecule has 4 aromatic rings. The van der Waals surface area contributed by atoms with Crippen molar-refractivity contribution in [1.29, 1.82) is 0 Å². The summed E-state index contributed by atoms with van der Waals surface area (Å²) < 4.78 is 74.1. The van der Waals surface area contributed by atoms with Gasteiger partial charge in [0.05, 0.1) is 49.1 Å². The number of alkyl halides is 3. The lowest BCUT2D eigenvalue weighted by Gasteiger charge is -2.19. The minimum atomic E-state index is -4.84. The smallest absolute Gasteiger partial charge is 0.421 e. The lowest BCUT2D eigenvalue weighted by molar-refractivity contribution is -0.137. The molecule has 0 spiro atoms. The first-order chi connectivity index (χ1) is 21.9. The van der Waals surface area contributed by atoms with Crippen molar-refractivity contribution in [3.63, 3.8) is 0 Å². The molecule has 8 bridgehead atoms. The summed E-state index contributed by atoms with van der Waals surface area (Å²) in [7, 11) is -0.825. The summed E-state index contributed by atoms with van der Waals surface area (Å²) in [5, 5.41) is 12.3. The van der Waals surface area contributed by atoms with Crippen LogP contribution in [0.3, 0.4) is 0 Å². The zero-order valence-corrected chi connectivity index (χ0v) is 26.5. The van der Waals surface area contributed by atoms with E-state index in [0.717, 1.165) is 0 Å². The zero-order chi connectivity index (χ0) is 33.1. The molecule has 0 fully saturated rings. The van der Waals surface area contributed by atoms with Crippen molar-refractivity contribution in [3.8, 4) is 17.0 Å². The monoisotopic (exact) mass is 680 g/mol. The quantitative estimate of drug-likeness (QED) is 0.205. The second-order valence-corrected chi connectivity index (χ2v) is 12.3. The first-order valence-corrected chi connectivity index (χ1v) is 16.0. The molecule has 4 aliphatic heterocycles. The lowest BCUT2D eigenvalue weighted by atomic mass is 10.1. The number of benzene rings is 1. The molecule has 7 heterocycles. The Kier molecular flexibility index (Phi) is 9.82. The highest BCUT2D eigenvalue weighted by Crippen LogP contribution is 2.52. The summed E-state index contributed by atoms with van der Waals surface area (Å²) >= 11 is 6.41. The van der Waals surface area contributed by atoms with Gasteiger partial charge in [-0.2, -0.15) is 23.3 Å². The van der Waals surface area contributed by atoms with Crippen LogP contribution in [-0.2, 0) is 32.5 Å². The van der Waals surface area contributed by atoms with Crippen LogP contribution in [0.5, 0.6) is 5.75 Å². The molecule has 0 saturated carbocycles. The van der Waals surface area contributed by atoms with Gasteiger partial charge in [0, 0.05) is 26.0 Å². The zero-order valence-electron chi connectivity index (χ0n) is 24.8. The van der Waals surface area contributed by atoms with Gasteiger partial charge in [-0.1, -0.05) is 17.7 Å². The highest BCUT2D eigenvalue weighted by molar-refractivity contribution is 7.53. The van der Waals surface area contributed by atoms with Crippen LogP contribution in [-0.4, -0.2) is 58.0 Å². The minimum absolute atomic E-state index is 0.0540. The summed E-state index contributed by atoms with van der Waals surface area (Å²) in [6.07, 6.45) is -2.28. The van der Waals surface area contributed by atoms with Crippen molar-refractivity contribution in [2.45, 2.75) is 32.2 Å².